The van der Waals surface area contributed by atoms with Crippen LogP contribution in [0.1, 0.15) is 52.5 Å². The summed E-state index contributed by atoms with van der Waals surface area (Å²) in [5.74, 6) is -1.93. The van der Waals surface area contributed by atoms with Gasteiger partial charge in [0.15, 0.2) is 5.44 Å². The molecule has 2 rings (SSSR count). The zero-order valence-corrected chi connectivity index (χ0v) is 25.9. The van der Waals surface area contributed by atoms with E-state index in [-0.39, 0.29) is 54.2 Å². The van der Waals surface area contributed by atoms with Crippen molar-refractivity contribution in [1.29, 1.82) is 0 Å². The summed E-state index contributed by atoms with van der Waals surface area (Å²) in [4.78, 5) is 37.8. The fraction of sp³-hybridized carbons (Fsp3) is 0.625. The summed E-state index contributed by atoms with van der Waals surface area (Å²) >= 11 is 6.02. The Morgan fingerprint density at radius 1 is 1.29 bits per heavy atom. The Morgan fingerprint density at radius 3 is 2.47 bits per heavy atom. The Hall–Kier alpha value is -1.41. The summed E-state index contributed by atoms with van der Waals surface area (Å²) in [7, 11) is -5.20. The van der Waals surface area contributed by atoms with Crippen LogP contribution in [-0.4, -0.2) is 65.7 Å². The van der Waals surface area contributed by atoms with E-state index in [4.69, 9.17) is 16.3 Å². The SMILES string of the molecule is CC(C)C[C@H](NC(=O)OC(C)(C)Cc1cccc(Cl)c1)C(=O)N[C@@H](C[C@@H]1CCNC1=O)C(O)S(=O)(=O)[O-].[Na+]. The third-order valence-corrected chi connectivity index (χ3v) is 7.03. The third-order valence-electron chi connectivity index (χ3n) is 5.87. The van der Waals surface area contributed by atoms with Crippen molar-refractivity contribution in [2.24, 2.45) is 11.8 Å². The Kier molecular flexibility index (Phi) is 13.5. The first-order chi connectivity index (χ1) is 17.1. The van der Waals surface area contributed by atoms with E-state index < -0.39 is 51.2 Å². The van der Waals surface area contributed by atoms with Crippen molar-refractivity contribution < 1.29 is 66.8 Å². The average Bonchev–Trinajstić information content (AvgIpc) is 3.14. The first-order valence-corrected chi connectivity index (χ1v) is 13.9. The van der Waals surface area contributed by atoms with Crippen LogP contribution in [0.2, 0.25) is 5.02 Å². The van der Waals surface area contributed by atoms with Gasteiger partial charge < -0.3 is 30.3 Å². The fourth-order valence-corrected chi connectivity index (χ4v) is 5.00. The van der Waals surface area contributed by atoms with E-state index >= 15 is 0 Å². The van der Waals surface area contributed by atoms with Crippen molar-refractivity contribution in [3.05, 3.63) is 34.9 Å². The predicted molar refractivity (Wildman–Crippen MR) is 135 cm³/mol. The molecule has 1 aromatic carbocycles. The summed E-state index contributed by atoms with van der Waals surface area (Å²) in [6.07, 6.45) is -0.269. The molecule has 0 saturated carbocycles. The van der Waals surface area contributed by atoms with Crippen LogP contribution in [0.25, 0.3) is 0 Å². The fourth-order valence-electron chi connectivity index (χ4n) is 4.21. The molecule has 1 fully saturated rings. The van der Waals surface area contributed by atoms with Gasteiger partial charge in [0.1, 0.15) is 21.8 Å². The van der Waals surface area contributed by atoms with Crippen LogP contribution < -0.4 is 45.5 Å². The molecular formula is C24H35ClN3NaO8S. The average molecular weight is 584 g/mol. The molecule has 3 amide bonds. The topological polar surface area (TPSA) is 174 Å². The Balaban J connectivity index is 0.00000722. The number of aliphatic hydroxyl groups is 1. The minimum Gasteiger partial charge on any atom is -0.746 e. The van der Waals surface area contributed by atoms with Crippen LogP contribution >= 0.6 is 11.6 Å². The molecule has 1 unspecified atom stereocenters. The monoisotopic (exact) mass is 583 g/mol. The van der Waals surface area contributed by atoms with Gasteiger partial charge in [-0.1, -0.05) is 37.6 Å². The molecule has 1 aliphatic heterocycles. The molecule has 1 aromatic rings. The molecule has 4 N–H and O–H groups in total. The predicted octanol–water partition coefficient (Wildman–Crippen LogP) is -1.32. The summed E-state index contributed by atoms with van der Waals surface area (Å²) in [6, 6.07) is 4.39. The minimum atomic E-state index is -5.20. The number of hydrogen-bond acceptors (Lipinski definition) is 8. The molecule has 0 spiro atoms. The number of carbonyl (C=O) groups excluding carboxylic acids is 3. The van der Waals surface area contributed by atoms with E-state index in [0.29, 0.717) is 24.4 Å². The first-order valence-electron chi connectivity index (χ1n) is 12.0. The minimum absolute atomic E-state index is 0. The van der Waals surface area contributed by atoms with E-state index in [1.807, 2.05) is 19.9 Å². The van der Waals surface area contributed by atoms with Gasteiger partial charge >= 0.3 is 35.7 Å². The number of hydrogen-bond donors (Lipinski definition) is 4. The van der Waals surface area contributed by atoms with Crippen LogP contribution in [0.15, 0.2) is 24.3 Å². The number of amides is 3. The van der Waals surface area contributed by atoms with Crippen molar-refractivity contribution in [2.75, 3.05) is 6.54 Å². The van der Waals surface area contributed by atoms with Crippen LogP contribution in [0, 0.1) is 11.8 Å². The quantitative estimate of drug-likeness (QED) is 0.173. The number of aliphatic hydroxyl groups excluding tert-OH is 1. The second-order valence-electron chi connectivity index (χ2n) is 10.3. The maximum atomic E-state index is 13.1. The van der Waals surface area contributed by atoms with Crippen molar-refractivity contribution in [1.82, 2.24) is 16.0 Å². The molecule has 0 aromatic heterocycles. The van der Waals surface area contributed by atoms with Gasteiger partial charge in [0, 0.05) is 23.9 Å². The van der Waals surface area contributed by atoms with Gasteiger partial charge in [0.25, 0.3) is 0 Å². The van der Waals surface area contributed by atoms with E-state index in [1.165, 1.54) is 0 Å². The van der Waals surface area contributed by atoms with Gasteiger partial charge in [-0.2, -0.15) is 0 Å². The van der Waals surface area contributed by atoms with Gasteiger partial charge in [0.05, 0.1) is 6.04 Å². The maximum absolute atomic E-state index is 13.1. The second kappa shape index (κ2) is 14.8. The smallest absolute Gasteiger partial charge is 0.746 e. The molecule has 0 aliphatic carbocycles. The molecule has 38 heavy (non-hydrogen) atoms. The van der Waals surface area contributed by atoms with E-state index in [9.17, 15) is 32.5 Å². The first kappa shape index (κ1) is 34.6. The van der Waals surface area contributed by atoms with Crippen LogP contribution in [-0.2, 0) is 30.9 Å². The molecule has 11 nitrogen and oxygen atoms in total. The van der Waals surface area contributed by atoms with Crippen molar-refractivity contribution >= 4 is 39.6 Å². The zero-order chi connectivity index (χ0) is 28.0. The molecule has 1 saturated heterocycles. The van der Waals surface area contributed by atoms with Crippen molar-refractivity contribution in [3.8, 4) is 0 Å². The van der Waals surface area contributed by atoms with Gasteiger partial charge in [-0.3, -0.25) is 9.59 Å². The Bertz CT molecular complexity index is 1090. The number of ether oxygens (including phenoxy) is 1. The zero-order valence-electron chi connectivity index (χ0n) is 22.3. The number of carbonyl (C=O) groups is 3. The number of nitrogens with one attached hydrogen (secondary N) is 3. The molecule has 0 bridgehead atoms. The van der Waals surface area contributed by atoms with Gasteiger partial charge in [-0.25, -0.2) is 13.2 Å². The normalized spacial score (nSPS) is 18.1. The van der Waals surface area contributed by atoms with Crippen LogP contribution in [0.3, 0.4) is 0 Å². The van der Waals surface area contributed by atoms with E-state index in [1.54, 1.807) is 32.0 Å². The maximum Gasteiger partial charge on any atom is 1.00 e. The standard InChI is InChI=1S/C24H36ClN3O8S.Na/c1-14(2)10-18(28-23(32)36-24(3,4)13-15-6-5-7-17(25)11-15)21(30)27-19(22(31)37(33,34)35)12-16-8-9-26-20(16)29;/h5-7,11,14,16,18-19,22,31H,8-10,12-13H2,1-4H3,(H,26,29)(H,27,30)(H,28,32)(H,33,34,35);/q;+1/p-1/t16-,18-,19-,22?;/m0./s1. The molecule has 0 radical (unpaired) electrons. The number of rotatable bonds is 12. The second-order valence-corrected chi connectivity index (χ2v) is 12.2. The molecule has 1 heterocycles. The Morgan fingerprint density at radius 2 is 1.95 bits per heavy atom. The largest absolute Gasteiger partial charge is 1.00 e. The Labute approximate surface area is 250 Å². The summed E-state index contributed by atoms with van der Waals surface area (Å²) in [6.45, 7) is 7.38. The summed E-state index contributed by atoms with van der Waals surface area (Å²) < 4.78 is 40.1. The number of alkyl carbamates (subject to hydrolysis) is 1. The van der Waals surface area contributed by atoms with Gasteiger partial charge in [-0.05, 0) is 56.7 Å². The van der Waals surface area contributed by atoms with Gasteiger partial charge in [0.2, 0.25) is 11.8 Å². The van der Waals surface area contributed by atoms with E-state index in [2.05, 4.69) is 16.0 Å². The van der Waals surface area contributed by atoms with E-state index in [0.717, 1.165) is 5.56 Å². The molecule has 1 aliphatic rings. The molecule has 14 heteroatoms. The summed E-state index contributed by atoms with van der Waals surface area (Å²) in [5, 5.41) is 18.1. The van der Waals surface area contributed by atoms with Crippen molar-refractivity contribution in [3.63, 3.8) is 0 Å². The van der Waals surface area contributed by atoms with Gasteiger partial charge in [-0.15, -0.1) is 0 Å². The third kappa shape index (κ3) is 11.4. The summed E-state index contributed by atoms with van der Waals surface area (Å²) in [5.41, 5.74) is -2.58. The van der Waals surface area contributed by atoms with Crippen LogP contribution in [0.5, 0.6) is 0 Å². The number of benzene rings is 1. The molecule has 4 atom stereocenters. The molecule has 208 valence electrons. The molecular weight excluding hydrogens is 549 g/mol. The van der Waals surface area contributed by atoms with Crippen molar-refractivity contribution in [2.45, 2.75) is 76.5 Å². The van der Waals surface area contributed by atoms with Crippen LogP contribution in [0.4, 0.5) is 4.79 Å². The number of halogens is 1.